The van der Waals surface area contributed by atoms with Gasteiger partial charge in [0.05, 0.1) is 22.1 Å². The minimum Gasteiger partial charge on any atom is -0.352 e. The van der Waals surface area contributed by atoms with Crippen molar-refractivity contribution in [1.29, 1.82) is 0 Å². The minimum absolute atomic E-state index is 1.18. The van der Waals surface area contributed by atoms with Crippen LogP contribution in [0.4, 0.5) is 0 Å². The predicted molar refractivity (Wildman–Crippen MR) is 145 cm³/mol. The first kappa shape index (κ1) is 17.9. The molecule has 0 aliphatic carbocycles. The Morgan fingerprint density at radius 1 is 0.412 bits per heavy atom. The van der Waals surface area contributed by atoms with Crippen LogP contribution in [0.1, 0.15) is 0 Å². The first-order chi connectivity index (χ1) is 16.9. The molecule has 2 heteroatoms. The van der Waals surface area contributed by atoms with Crippen molar-refractivity contribution in [3.05, 3.63) is 115 Å². The number of fused-ring (bicyclic) bond motifs is 12. The molecule has 34 heavy (non-hydrogen) atoms. The molecule has 8 rings (SSSR count). The van der Waals surface area contributed by atoms with Crippen molar-refractivity contribution < 1.29 is 0 Å². The average molecular weight is 433 g/mol. The van der Waals surface area contributed by atoms with Crippen LogP contribution in [0, 0.1) is 0 Å². The fourth-order valence-electron chi connectivity index (χ4n) is 5.91. The highest BCUT2D eigenvalue weighted by Crippen LogP contribution is 2.43. The smallest absolute Gasteiger partial charge is 0.0783 e. The van der Waals surface area contributed by atoms with E-state index < -0.39 is 0 Å². The summed E-state index contributed by atoms with van der Waals surface area (Å²) >= 11 is 0. The molecule has 0 aliphatic heterocycles. The molecule has 0 unspecified atom stereocenters. The van der Waals surface area contributed by atoms with Crippen LogP contribution in [0.25, 0.3) is 70.8 Å². The van der Waals surface area contributed by atoms with Gasteiger partial charge in [-0.05, 0) is 34.4 Å². The lowest BCUT2D eigenvalue weighted by atomic mass is 9.96. The summed E-state index contributed by atoms with van der Waals surface area (Å²) in [6.45, 7) is 0. The van der Waals surface area contributed by atoms with E-state index in [1.54, 1.807) is 0 Å². The van der Waals surface area contributed by atoms with E-state index in [0.29, 0.717) is 0 Å². The number of aromatic nitrogens is 2. The van der Waals surface area contributed by atoms with Crippen LogP contribution in [-0.2, 0) is 0 Å². The predicted octanol–water partition coefficient (Wildman–Crippen LogP) is 8.72. The first-order valence-electron chi connectivity index (χ1n) is 11.7. The third-order valence-corrected chi connectivity index (χ3v) is 7.30. The van der Waals surface area contributed by atoms with E-state index in [-0.39, 0.29) is 0 Å². The highest BCUT2D eigenvalue weighted by Gasteiger charge is 2.19. The summed E-state index contributed by atoms with van der Waals surface area (Å²) < 4.78 is 2.41. The Morgan fingerprint density at radius 2 is 1.00 bits per heavy atom. The SMILES string of the molecule is c1ccc(-n2c3ccccc3c3ccc4c([nH]c5c6ccccc6c6ccccc6c45)c32)cc1. The quantitative estimate of drug-likeness (QED) is 0.250. The Hall–Kier alpha value is -4.56. The fourth-order valence-corrected chi connectivity index (χ4v) is 5.91. The molecule has 0 amide bonds. The van der Waals surface area contributed by atoms with Gasteiger partial charge in [-0.2, -0.15) is 0 Å². The van der Waals surface area contributed by atoms with Crippen molar-refractivity contribution in [2.24, 2.45) is 0 Å². The van der Waals surface area contributed by atoms with Gasteiger partial charge in [0.1, 0.15) is 0 Å². The third-order valence-electron chi connectivity index (χ3n) is 7.30. The van der Waals surface area contributed by atoms with E-state index in [2.05, 4.69) is 125 Å². The van der Waals surface area contributed by atoms with Crippen LogP contribution in [0.3, 0.4) is 0 Å². The van der Waals surface area contributed by atoms with Gasteiger partial charge in [-0.25, -0.2) is 0 Å². The standard InChI is InChI=1S/C32H20N2/c1-2-10-20(11-3-1)34-28-17-9-8-14-23(28)26-18-19-27-29-24-15-6-4-12-21(24)22-13-5-7-16-25(22)30(29)33-31(27)32(26)34/h1-19,33H. The lowest BCUT2D eigenvalue weighted by Gasteiger charge is -2.08. The van der Waals surface area contributed by atoms with Crippen molar-refractivity contribution in [3.63, 3.8) is 0 Å². The summed E-state index contributed by atoms with van der Waals surface area (Å²) in [6.07, 6.45) is 0. The van der Waals surface area contributed by atoms with E-state index in [0.717, 1.165) is 0 Å². The molecule has 0 radical (unpaired) electrons. The average Bonchev–Trinajstić information content (AvgIpc) is 3.46. The monoisotopic (exact) mass is 432 g/mol. The van der Waals surface area contributed by atoms with Crippen molar-refractivity contribution in [2.75, 3.05) is 0 Å². The normalized spacial score (nSPS) is 12.1. The van der Waals surface area contributed by atoms with Gasteiger partial charge in [0.2, 0.25) is 0 Å². The van der Waals surface area contributed by atoms with E-state index >= 15 is 0 Å². The van der Waals surface area contributed by atoms with Crippen LogP contribution in [0.5, 0.6) is 0 Å². The summed E-state index contributed by atoms with van der Waals surface area (Å²) in [5.41, 5.74) is 6.03. The number of benzene rings is 6. The summed E-state index contributed by atoms with van der Waals surface area (Å²) in [6, 6.07) is 41.6. The molecule has 2 aromatic heterocycles. The molecule has 1 N–H and O–H groups in total. The van der Waals surface area contributed by atoms with E-state index in [1.807, 2.05) is 0 Å². The molecule has 2 nitrogen and oxygen atoms in total. The minimum atomic E-state index is 1.18. The summed E-state index contributed by atoms with van der Waals surface area (Å²) in [7, 11) is 0. The van der Waals surface area contributed by atoms with Gasteiger partial charge in [-0.3, -0.25) is 0 Å². The molecule has 0 saturated heterocycles. The topological polar surface area (TPSA) is 20.7 Å². The molecule has 2 heterocycles. The maximum atomic E-state index is 3.91. The zero-order valence-corrected chi connectivity index (χ0v) is 18.4. The number of nitrogens with zero attached hydrogens (tertiary/aromatic N) is 1. The van der Waals surface area contributed by atoms with Gasteiger partial charge in [-0.15, -0.1) is 0 Å². The second-order valence-corrected chi connectivity index (χ2v) is 9.04. The zero-order valence-electron chi connectivity index (χ0n) is 18.4. The molecule has 0 saturated carbocycles. The van der Waals surface area contributed by atoms with Crippen molar-refractivity contribution >= 4 is 65.2 Å². The van der Waals surface area contributed by atoms with Crippen LogP contribution in [-0.4, -0.2) is 9.55 Å². The van der Waals surface area contributed by atoms with Crippen LogP contribution < -0.4 is 0 Å². The lowest BCUT2D eigenvalue weighted by molar-refractivity contribution is 1.18. The number of H-pyrrole nitrogens is 1. The lowest BCUT2D eigenvalue weighted by Crippen LogP contribution is -1.93. The second-order valence-electron chi connectivity index (χ2n) is 9.04. The Morgan fingerprint density at radius 3 is 1.79 bits per heavy atom. The summed E-state index contributed by atoms with van der Waals surface area (Å²) in [4.78, 5) is 3.91. The van der Waals surface area contributed by atoms with Crippen LogP contribution in [0.2, 0.25) is 0 Å². The van der Waals surface area contributed by atoms with Gasteiger partial charge in [0, 0.05) is 32.6 Å². The Balaban J connectivity index is 1.69. The first-order valence-corrected chi connectivity index (χ1v) is 11.7. The molecule has 0 aliphatic rings. The third kappa shape index (κ3) is 2.20. The number of nitrogens with one attached hydrogen (secondary N) is 1. The molecule has 0 atom stereocenters. The molecule has 158 valence electrons. The second kappa shape index (κ2) is 6.49. The van der Waals surface area contributed by atoms with E-state index in [9.17, 15) is 0 Å². The maximum Gasteiger partial charge on any atom is 0.0783 e. The fraction of sp³-hybridized carbons (Fsp3) is 0. The molecule has 0 spiro atoms. The summed E-state index contributed by atoms with van der Waals surface area (Å²) in [5, 5.41) is 10.3. The van der Waals surface area contributed by atoms with E-state index in [4.69, 9.17) is 0 Å². The Kier molecular flexibility index (Phi) is 3.42. The molecule has 0 bridgehead atoms. The number of rotatable bonds is 1. The van der Waals surface area contributed by atoms with Gasteiger partial charge < -0.3 is 9.55 Å². The van der Waals surface area contributed by atoms with Gasteiger partial charge in [0.25, 0.3) is 0 Å². The number of aromatic amines is 1. The van der Waals surface area contributed by atoms with Crippen molar-refractivity contribution in [3.8, 4) is 5.69 Å². The maximum absolute atomic E-state index is 3.91. The Bertz CT molecular complexity index is 2060. The van der Waals surface area contributed by atoms with Gasteiger partial charge >= 0.3 is 0 Å². The van der Waals surface area contributed by atoms with Gasteiger partial charge in [-0.1, -0.05) is 97.1 Å². The molecular formula is C32H20N2. The molecular weight excluding hydrogens is 412 g/mol. The highest BCUT2D eigenvalue weighted by molar-refractivity contribution is 6.34. The molecule has 8 aromatic rings. The van der Waals surface area contributed by atoms with Crippen LogP contribution in [0.15, 0.2) is 115 Å². The van der Waals surface area contributed by atoms with Crippen LogP contribution >= 0.6 is 0 Å². The number of hydrogen-bond donors (Lipinski definition) is 1. The summed E-state index contributed by atoms with van der Waals surface area (Å²) in [5.74, 6) is 0. The largest absolute Gasteiger partial charge is 0.352 e. The van der Waals surface area contributed by atoms with Gasteiger partial charge in [0.15, 0.2) is 0 Å². The molecule has 0 fully saturated rings. The Labute approximate surface area is 195 Å². The highest BCUT2D eigenvalue weighted by atomic mass is 15.0. The van der Waals surface area contributed by atoms with Crippen molar-refractivity contribution in [2.45, 2.75) is 0 Å². The molecule has 6 aromatic carbocycles. The number of para-hydroxylation sites is 2. The van der Waals surface area contributed by atoms with E-state index in [1.165, 1.54) is 70.8 Å². The van der Waals surface area contributed by atoms with Crippen molar-refractivity contribution in [1.82, 2.24) is 9.55 Å². The zero-order chi connectivity index (χ0) is 22.2. The number of hydrogen-bond acceptors (Lipinski definition) is 0.